The number of anilines is 1. The Morgan fingerprint density at radius 3 is 2.65 bits per heavy atom. The molecular formula is C20H26N4OS. The summed E-state index contributed by atoms with van der Waals surface area (Å²) >= 11 is 1.72. The summed E-state index contributed by atoms with van der Waals surface area (Å²) in [4.78, 5) is 26.1. The van der Waals surface area contributed by atoms with E-state index in [9.17, 15) is 4.79 Å². The molecular weight excluding hydrogens is 344 g/mol. The van der Waals surface area contributed by atoms with E-state index in [0.717, 1.165) is 68.6 Å². The second kappa shape index (κ2) is 6.80. The second-order valence-electron chi connectivity index (χ2n) is 8.22. The number of amides is 1. The van der Waals surface area contributed by atoms with Crippen molar-refractivity contribution in [3.63, 3.8) is 0 Å². The number of fused-ring (bicyclic) bond motifs is 2. The van der Waals surface area contributed by atoms with Gasteiger partial charge in [0.2, 0.25) is 5.91 Å². The monoisotopic (exact) mass is 370 g/mol. The van der Waals surface area contributed by atoms with Crippen LogP contribution in [-0.2, 0) is 4.79 Å². The first-order valence-corrected chi connectivity index (χ1v) is 10.9. The van der Waals surface area contributed by atoms with Crippen molar-refractivity contribution in [3.8, 4) is 0 Å². The summed E-state index contributed by atoms with van der Waals surface area (Å²) in [6.07, 6.45) is 8.63. The Kier molecular flexibility index (Phi) is 4.31. The molecule has 1 amide bonds. The van der Waals surface area contributed by atoms with Crippen molar-refractivity contribution in [2.45, 2.75) is 38.5 Å². The lowest BCUT2D eigenvalue weighted by atomic mass is 9.93. The third-order valence-electron chi connectivity index (χ3n) is 6.68. The van der Waals surface area contributed by atoms with Crippen molar-refractivity contribution in [3.05, 3.63) is 17.8 Å². The molecule has 2 atom stereocenters. The van der Waals surface area contributed by atoms with Crippen LogP contribution < -0.4 is 4.90 Å². The zero-order valence-corrected chi connectivity index (χ0v) is 16.0. The molecule has 6 heteroatoms. The van der Waals surface area contributed by atoms with Gasteiger partial charge >= 0.3 is 0 Å². The van der Waals surface area contributed by atoms with Gasteiger partial charge in [0.25, 0.3) is 0 Å². The van der Waals surface area contributed by atoms with Crippen molar-refractivity contribution >= 4 is 33.3 Å². The van der Waals surface area contributed by atoms with E-state index in [0.29, 0.717) is 11.8 Å². The van der Waals surface area contributed by atoms with Gasteiger partial charge in [0.1, 0.15) is 12.1 Å². The minimum absolute atomic E-state index is 0.403. The Bertz CT molecular complexity index is 786. The first kappa shape index (κ1) is 16.5. The lowest BCUT2D eigenvalue weighted by Gasteiger charge is -2.33. The molecule has 2 saturated heterocycles. The van der Waals surface area contributed by atoms with Gasteiger partial charge in [-0.15, -0.1) is 11.3 Å². The standard InChI is InChI=1S/C20H26N4OS/c25-18(24-11-15-2-1-3-16(15)12-24)10-14-4-7-23(8-5-14)20-19-17(6-9-26-19)21-13-22-20/h6,9,13-16H,1-5,7-8,10-12H2. The minimum Gasteiger partial charge on any atom is -0.355 e. The van der Waals surface area contributed by atoms with E-state index in [4.69, 9.17) is 0 Å². The molecule has 5 nitrogen and oxygen atoms in total. The van der Waals surface area contributed by atoms with Crippen molar-refractivity contribution in [2.24, 2.45) is 17.8 Å². The lowest BCUT2D eigenvalue weighted by molar-refractivity contribution is -0.131. The van der Waals surface area contributed by atoms with Gasteiger partial charge < -0.3 is 9.80 Å². The maximum absolute atomic E-state index is 12.7. The summed E-state index contributed by atoms with van der Waals surface area (Å²) in [5.41, 5.74) is 1.04. The SMILES string of the molecule is O=C(CC1CCN(c2ncnc3ccsc23)CC1)N1CC2CCCC2C1. The predicted molar refractivity (Wildman–Crippen MR) is 104 cm³/mol. The minimum atomic E-state index is 0.403. The molecule has 3 aliphatic rings. The zero-order chi connectivity index (χ0) is 17.5. The predicted octanol–water partition coefficient (Wildman–Crippen LogP) is 3.56. The first-order valence-electron chi connectivity index (χ1n) is 9.99. The number of piperidine rings is 1. The van der Waals surface area contributed by atoms with Gasteiger partial charge in [-0.25, -0.2) is 9.97 Å². The molecule has 0 N–H and O–H groups in total. The molecule has 2 aromatic rings. The molecule has 1 saturated carbocycles. The Labute approximate surface area is 158 Å². The van der Waals surface area contributed by atoms with Crippen LogP contribution >= 0.6 is 11.3 Å². The van der Waals surface area contributed by atoms with Gasteiger partial charge in [0.15, 0.2) is 0 Å². The van der Waals surface area contributed by atoms with Crippen LogP contribution in [0.3, 0.4) is 0 Å². The van der Waals surface area contributed by atoms with E-state index in [1.807, 2.05) is 0 Å². The lowest BCUT2D eigenvalue weighted by Crippen LogP contribution is -2.37. The number of nitrogens with zero attached hydrogens (tertiary/aromatic N) is 4. The summed E-state index contributed by atoms with van der Waals surface area (Å²) in [5, 5.41) is 2.08. The third kappa shape index (κ3) is 2.98. The van der Waals surface area contributed by atoms with Crippen LogP contribution in [0, 0.1) is 17.8 Å². The average Bonchev–Trinajstić information content (AvgIpc) is 3.37. The van der Waals surface area contributed by atoms with E-state index in [-0.39, 0.29) is 0 Å². The number of hydrogen-bond acceptors (Lipinski definition) is 5. The van der Waals surface area contributed by atoms with Crippen molar-refractivity contribution in [1.29, 1.82) is 0 Å². The van der Waals surface area contributed by atoms with E-state index >= 15 is 0 Å². The fourth-order valence-corrected chi connectivity index (χ4v) is 6.03. The molecule has 26 heavy (non-hydrogen) atoms. The average molecular weight is 371 g/mol. The van der Waals surface area contributed by atoms with E-state index in [1.54, 1.807) is 17.7 Å². The van der Waals surface area contributed by atoms with Crippen LogP contribution in [0.1, 0.15) is 38.5 Å². The zero-order valence-electron chi connectivity index (χ0n) is 15.1. The van der Waals surface area contributed by atoms with Gasteiger partial charge in [0.05, 0.1) is 10.2 Å². The molecule has 0 bridgehead atoms. The number of carbonyl (C=O) groups excluding carboxylic acids is 1. The van der Waals surface area contributed by atoms with Crippen LogP contribution in [-0.4, -0.2) is 47.0 Å². The fourth-order valence-electron chi connectivity index (χ4n) is 5.16. The molecule has 5 rings (SSSR count). The number of likely N-dealkylation sites (tertiary alicyclic amines) is 1. The molecule has 0 spiro atoms. The van der Waals surface area contributed by atoms with Gasteiger partial charge in [-0.3, -0.25) is 4.79 Å². The van der Waals surface area contributed by atoms with Crippen LogP contribution in [0.5, 0.6) is 0 Å². The van der Waals surface area contributed by atoms with Crippen molar-refractivity contribution < 1.29 is 4.79 Å². The van der Waals surface area contributed by atoms with Crippen LogP contribution in [0.4, 0.5) is 5.82 Å². The smallest absolute Gasteiger partial charge is 0.222 e. The molecule has 0 aromatic carbocycles. The maximum Gasteiger partial charge on any atom is 0.222 e. The van der Waals surface area contributed by atoms with E-state index < -0.39 is 0 Å². The number of hydrogen-bond donors (Lipinski definition) is 0. The fraction of sp³-hybridized carbons (Fsp3) is 0.650. The van der Waals surface area contributed by atoms with Crippen LogP contribution in [0.2, 0.25) is 0 Å². The molecule has 1 aliphatic carbocycles. The van der Waals surface area contributed by atoms with E-state index in [1.165, 1.54) is 24.0 Å². The van der Waals surface area contributed by atoms with Crippen molar-refractivity contribution in [2.75, 3.05) is 31.1 Å². The molecule has 138 valence electrons. The van der Waals surface area contributed by atoms with Gasteiger partial charge in [0, 0.05) is 32.6 Å². The number of aromatic nitrogens is 2. The third-order valence-corrected chi connectivity index (χ3v) is 7.58. The highest BCUT2D eigenvalue weighted by atomic mass is 32.1. The summed E-state index contributed by atoms with van der Waals surface area (Å²) < 4.78 is 1.19. The summed E-state index contributed by atoms with van der Waals surface area (Å²) in [6, 6.07) is 2.06. The summed E-state index contributed by atoms with van der Waals surface area (Å²) in [5.74, 6) is 3.60. The molecule has 3 fully saturated rings. The van der Waals surface area contributed by atoms with Crippen LogP contribution in [0.15, 0.2) is 17.8 Å². The Morgan fingerprint density at radius 1 is 1.12 bits per heavy atom. The molecule has 2 aliphatic heterocycles. The number of carbonyl (C=O) groups is 1. The molecule has 4 heterocycles. The Balaban J connectivity index is 1.17. The highest BCUT2D eigenvalue weighted by Gasteiger charge is 2.38. The van der Waals surface area contributed by atoms with Crippen LogP contribution in [0.25, 0.3) is 10.2 Å². The normalized spacial score (nSPS) is 26.6. The Morgan fingerprint density at radius 2 is 1.88 bits per heavy atom. The number of rotatable bonds is 3. The first-order chi connectivity index (χ1) is 12.8. The summed E-state index contributed by atoms with van der Waals surface area (Å²) in [6.45, 7) is 4.04. The Hall–Kier alpha value is -1.69. The largest absolute Gasteiger partial charge is 0.355 e. The van der Waals surface area contributed by atoms with Gasteiger partial charge in [-0.1, -0.05) is 6.42 Å². The van der Waals surface area contributed by atoms with Crippen molar-refractivity contribution in [1.82, 2.24) is 14.9 Å². The van der Waals surface area contributed by atoms with Gasteiger partial charge in [-0.05, 0) is 54.9 Å². The molecule has 0 radical (unpaired) electrons. The quantitative estimate of drug-likeness (QED) is 0.829. The highest BCUT2D eigenvalue weighted by molar-refractivity contribution is 7.17. The van der Waals surface area contributed by atoms with Gasteiger partial charge in [-0.2, -0.15) is 0 Å². The number of thiophene rings is 1. The topological polar surface area (TPSA) is 49.3 Å². The summed E-state index contributed by atoms with van der Waals surface area (Å²) in [7, 11) is 0. The highest BCUT2D eigenvalue weighted by Crippen LogP contribution is 2.38. The second-order valence-corrected chi connectivity index (χ2v) is 9.13. The molecule has 2 aromatic heterocycles. The molecule has 2 unspecified atom stereocenters. The maximum atomic E-state index is 12.7. The van der Waals surface area contributed by atoms with E-state index in [2.05, 4.69) is 31.2 Å².